The average Bonchev–Trinajstić information content (AvgIpc) is 3.37. The molecule has 0 radical (unpaired) electrons. The first kappa shape index (κ1) is 16.3. The van der Waals surface area contributed by atoms with Crippen molar-refractivity contribution in [2.24, 2.45) is 17.8 Å². The van der Waals surface area contributed by atoms with Crippen LogP contribution in [-0.2, 0) is 10.2 Å². The topological polar surface area (TPSA) is 32.3 Å². The van der Waals surface area contributed by atoms with Gasteiger partial charge in [0, 0.05) is 24.6 Å². The lowest BCUT2D eigenvalue weighted by atomic mass is 9.74. The zero-order valence-electron chi connectivity index (χ0n) is 15.6. The summed E-state index contributed by atoms with van der Waals surface area (Å²) >= 11 is 0. The van der Waals surface area contributed by atoms with Gasteiger partial charge in [0.25, 0.3) is 5.91 Å². The number of allylic oxidation sites excluding steroid dienone is 3. The minimum Gasteiger partial charge on any atom is -0.355 e. The molecule has 0 aromatic heterocycles. The van der Waals surface area contributed by atoms with Gasteiger partial charge >= 0.3 is 0 Å². The van der Waals surface area contributed by atoms with Crippen LogP contribution in [0, 0.1) is 17.8 Å². The largest absolute Gasteiger partial charge is 0.355 e. The molecule has 1 aromatic carbocycles. The number of nitrogens with zero attached hydrogens (tertiary/aromatic N) is 1. The van der Waals surface area contributed by atoms with Gasteiger partial charge in [-0.15, -0.1) is 0 Å². The molecule has 1 spiro atoms. The van der Waals surface area contributed by atoms with Crippen molar-refractivity contribution in [1.29, 1.82) is 0 Å². The monoisotopic (exact) mass is 348 g/mol. The van der Waals surface area contributed by atoms with Crippen LogP contribution in [0.15, 0.2) is 42.5 Å². The number of benzene rings is 1. The Balaban J connectivity index is 1.33. The highest BCUT2D eigenvalue weighted by molar-refractivity contribution is 6.21. The van der Waals surface area contributed by atoms with Crippen molar-refractivity contribution in [3.63, 3.8) is 0 Å². The lowest BCUT2D eigenvalue weighted by molar-refractivity contribution is -0.115. The maximum absolute atomic E-state index is 12.4. The molecule has 1 aromatic rings. The summed E-state index contributed by atoms with van der Waals surface area (Å²) in [6.45, 7) is 3.54. The number of amides is 1. The Hall–Kier alpha value is -1.87. The zero-order valence-corrected chi connectivity index (χ0v) is 15.6. The molecule has 3 atom stereocenters. The van der Waals surface area contributed by atoms with E-state index in [4.69, 9.17) is 0 Å². The highest BCUT2D eigenvalue weighted by Crippen LogP contribution is 2.48. The van der Waals surface area contributed by atoms with Crippen LogP contribution in [0.25, 0.3) is 5.57 Å². The van der Waals surface area contributed by atoms with Crippen molar-refractivity contribution >= 4 is 11.5 Å². The summed E-state index contributed by atoms with van der Waals surface area (Å²) in [5.41, 5.74) is 3.43. The molecule has 4 aliphatic rings. The van der Waals surface area contributed by atoms with E-state index in [1.54, 1.807) is 7.05 Å². The second-order valence-electron chi connectivity index (χ2n) is 8.68. The molecule has 1 heterocycles. The van der Waals surface area contributed by atoms with Crippen LogP contribution in [0.5, 0.6) is 0 Å². The second-order valence-corrected chi connectivity index (χ2v) is 8.68. The maximum Gasteiger partial charge on any atom is 0.251 e. The van der Waals surface area contributed by atoms with Crippen LogP contribution >= 0.6 is 0 Å². The molecule has 1 amide bonds. The third-order valence-electron chi connectivity index (χ3n) is 7.30. The molecule has 2 bridgehead atoms. The standard InChI is InChI=1S/C23H28N2O/c1-24-22(26)20-14-23(21-5-3-2-4-19(20)21)8-10-25(11-9-23)15-18-13-16-6-7-17(18)12-16/h2-7,14,16-18H,8-13,15H2,1H3,(H,24,26). The Morgan fingerprint density at radius 1 is 1.19 bits per heavy atom. The van der Waals surface area contributed by atoms with Gasteiger partial charge in [-0.1, -0.05) is 42.5 Å². The molecule has 136 valence electrons. The molecule has 1 saturated carbocycles. The summed E-state index contributed by atoms with van der Waals surface area (Å²) in [7, 11) is 1.73. The number of rotatable bonds is 3. The number of likely N-dealkylation sites (tertiary alicyclic amines) is 1. The minimum atomic E-state index is 0.0468. The normalized spacial score (nSPS) is 31.3. The number of carbonyl (C=O) groups is 1. The molecule has 2 fully saturated rings. The Kier molecular flexibility index (Phi) is 3.82. The van der Waals surface area contributed by atoms with E-state index in [9.17, 15) is 4.79 Å². The number of likely N-dealkylation sites (N-methyl/N-ethyl adjacent to an activating group) is 1. The van der Waals surface area contributed by atoms with Crippen molar-refractivity contribution in [2.75, 3.05) is 26.7 Å². The minimum absolute atomic E-state index is 0.0468. The maximum atomic E-state index is 12.4. The molecular formula is C23H28N2O. The summed E-state index contributed by atoms with van der Waals surface area (Å²) in [5.74, 6) is 2.61. The van der Waals surface area contributed by atoms with Gasteiger partial charge in [-0.05, 0) is 67.7 Å². The van der Waals surface area contributed by atoms with Crippen molar-refractivity contribution < 1.29 is 4.79 Å². The summed E-state index contributed by atoms with van der Waals surface area (Å²) in [6, 6.07) is 8.51. The number of piperidine rings is 1. The molecular weight excluding hydrogens is 320 g/mol. The first-order valence-corrected chi connectivity index (χ1v) is 10.1. The predicted molar refractivity (Wildman–Crippen MR) is 105 cm³/mol. The van der Waals surface area contributed by atoms with Crippen LogP contribution in [0.1, 0.15) is 36.8 Å². The van der Waals surface area contributed by atoms with Crippen LogP contribution in [0.4, 0.5) is 0 Å². The zero-order chi connectivity index (χ0) is 17.7. The molecule has 3 heteroatoms. The predicted octanol–water partition coefficient (Wildman–Crippen LogP) is 3.38. The van der Waals surface area contributed by atoms with E-state index in [1.807, 2.05) is 6.07 Å². The molecule has 1 saturated heterocycles. The number of nitrogens with one attached hydrogen (secondary N) is 1. The summed E-state index contributed by atoms with van der Waals surface area (Å²) in [4.78, 5) is 15.1. The van der Waals surface area contributed by atoms with E-state index in [-0.39, 0.29) is 11.3 Å². The Morgan fingerprint density at radius 3 is 2.69 bits per heavy atom. The van der Waals surface area contributed by atoms with Gasteiger partial charge in [-0.3, -0.25) is 4.79 Å². The Morgan fingerprint density at radius 2 is 2.00 bits per heavy atom. The lowest BCUT2D eigenvalue weighted by Crippen LogP contribution is -2.43. The fraction of sp³-hybridized carbons (Fsp3) is 0.522. The van der Waals surface area contributed by atoms with Crippen molar-refractivity contribution in [3.05, 3.63) is 53.6 Å². The molecule has 26 heavy (non-hydrogen) atoms. The average molecular weight is 348 g/mol. The smallest absolute Gasteiger partial charge is 0.251 e. The number of hydrogen-bond acceptors (Lipinski definition) is 2. The SMILES string of the molecule is CNC(=O)C1=CC2(CCN(CC3CC4C=CC3C4)CC2)c2ccccc21. The summed E-state index contributed by atoms with van der Waals surface area (Å²) < 4.78 is 0. The van der Waals surface area contributed by atoms with Crippen molar-refractivity contribution in [3.8, 4) is 0 Å². The van der Waals surface area contributed by atoms with Crippen LogP contribution < -0.4 is 5.32 Å². The first-order chi connectivity index (χ1) is 12.7. The fourth-order valence-corrected chi connectivity index (χ4v) is 5.89. The molecule has 5 rings (SSSR count). The third kappa shape index (κ3) is 2.48. The van der Waals surface area contributed by atoms with Gasteiger partial charge < -0.3 is 10.2 Å². The van der Waals surface area contributed by atoms with Crippen LogP contribution in [0.2, 0.25) is 0 Å². The fourth-order valence-electron chi connectivity index (χ4n) is 5.89. The van der Waals surface area contributed by atoms with Crippen LogP contribution in [-0.4, -0.2) is 37.5 Å². The number of carbonyl (C=O) groups excluding carboxylic acids is 1. The second kappa shape index (κ2) is 6.09. The van der Waals surface area contributed by atoms with E-state index in [1.165, 1.54) is 24.9 Å². The number of hydrogen-bond donors (Lipinski definition) is 1. The lowest BCUT2D eigenvalue weighted by Gasteiger charge is -2.40. The summed E-state index contributed by atoms with van der Waals surface area (Å²) in [5, 5.41) is 2.82. The first-order valence-electron chi connectivity index (χ1n) is 10.1. The van der Waals surface area contributed by atoms with Crippen molar-refractivity contribution in [2.45, 2.75) is 31.1 Å². The molecule has 3 nitrogen and oxygen atoms in total. The van der Waals surface area contributed by atoms with Gasteiger partial charge in [0.2, 0.25) is 0 Å². The van der Waals surface area contributed by atoms with E-state index in [0.717, 1.165) is 54.8 Å². The van der Waals surface area contributed by atoms with Gasteiger partial charge in [-0.25, -0.2) is 0 Å². The van der Waals surface area contributed by atoms with Gasteiger partial charge in [0.15, 0.2) is 0 Å². The third-order valence-corrected chi connectivity index (χ3v) is 7.30. The van der Waals surface area contributed by atoms with Crippen molar-refractivity contribution in [1.82, 2.24) is 10.2 Å². The van der Waals surface area contributed by atoms with Gasteiger partial charge in [0.1, 0.15) is 0 Å². The quantitative estimate of drug-likeness (QED) is 0.850. The Bertz CT molecular complexity index is 785. The number of fused-ring (bicyclic) bond motifs is 4. The highest BCUT2D eigenvalue weighted by atomic mass is 16.1. The van der Waals surface area contributed by atoms with E-state index in [0.29, 0.717) is 0 Å². The van der Waals surface area contributed by atoms with Gasteiger partial charge in [0.05, 0.1) is 0 Å². The summed E-state index contributed by atoms with van der Waals surface area (Å²) in [6.07, 6.45) is 12.2. The van der Waals surface area contributed by atoms with E-state index >= 15 is 0 Å². The molecule has 3 unspecified atom stereocenters. The van der Waals surface area contributed by atoms with E-state index < -0.39 is 0 Å². The van der Waals surface area contributed by atoms with E-state index in [2.05, 4.69) is 46.6 Å². The molecule has 3 aliphatic carbocycles. The molecule has 1 N–H and O–H groups in total. The Labute approximate surface area is 156 Å². The van der Waals surface area contributed by atoms with Gasteiger partial charge in [-0.2, -0.15) is 0 Å². The highest BCUT2D eigenvalue weighted by Gasteiger charge is 2.43. The van der Waals surface area contributed by atoms with Crippen LogP contribution in [0.3, 0.4) is 0 Å². The molecule has 1 aliphatic heterocycles.